The van der Waals surface area contributed by atoms with Crippen molar-refractivity contribution in [2.75, 3.05) is 19.8 Å². The Labute approximate surface area is 132 Å². The van der Waals surface area contributed by atoms with Crippen molar-refractivity contribution in [3.8, 4) is 0 Å². The molecular formula is C16H34O4Si. The van der Waals surface area contributed by atoms with Crippen LogP contribution in [0.4, 0.5) is 0 Å². The molecule has 0 amide bonds. The molecule has 2 atom stereocenters. The van der Waals surface area contributed by atoms with Gasteiger partial charge >= 0.3 is 9.28 Å². The van der Waals surface area contributed by atoms with Crippen molar-refractivity contribution in [1.29, 1.82) is 0 Å². The minimum absolute atomic E-state index is 0.253. The molecule has 126 valence electrons. The Morgan fingerprint density at radius 2 is 1.71 bits per heavy atom. The topological polar surface area (TPSA) is 40.2 Å². The Hall–Kier alpha value is 0.0569. The summed E-state index contributed by atoms with van der Waals surface area (Å²) in [7, 11) is -1.62. The van der Waals surface area contributed by atoms with Crippen molar-refractivity contribution < 1.29 is 18.3 Å². The van der Waals surface area contributed by atoms with E-state index in [1.165, 1.54) is 12.8 Å². The summed E-state index contributed by atoms with van der Waals surface area (Å²) >= 11 is 0. The highest BCUT2D eigenvalue weighted by Gasteiger charge is 2.28. The molecular weight excluding hydrogens is 284 g/mol. The van der Waals surface area contributed by atoms with Gasteiger partial charge in [-0.05, 0) is 52.5 Å². The molecule has 0 bridgehead atoms. The smallest absolute Gasteiger partial charge is 0.325 e. The highest BCUT2D eigenvalue weighted by Crippen LogP contribution is 2.27. The number of ether oxygens (including phenoxy) is 2. The molecule has 1 aliphatic heterocycles. The van der Waals surface area contributed by atoms with E-state index in [0.717, 1.165) is 32.7 Å². The molecule has 1 heterocycles. The van der Waals surface area contributed by atoms with Crippen LogP contribution in [0.15, 0.2) is 0 Å². The Bertz CT molecular complexity index is 247. The van der Waals surface area contributed by atoms with Gasteiger partial charge in [-0.1, -0.05) is 13.3 Å². The highest BCUT2D eigenvalue weighted by atomic mass is 28.3. The molecule has 4 nitrogen and oxygen atoms in total. The van der Waals surface area contributed by atoms with E-state index in [2.05, 4.69) is 34.6 Å². The van der Waals surface area contributed by atoms with E-state index in [1.807, 2.05) is 0 Å². The Balaban J connectivity index is 2.33. The fourth-order valence-electron chi connectivity index (χ4n) is 2.40. The third-order valence-electron chi connectivity index (χ3n) is 3.43. The number of hydrogen-bond acceptors (Lipinski definition) is 4. The molecule has 0 aromatic heterocycles. The second kappa shape index (κ2) is 10.7. The Morgan fingerprint density at radius 3 is 2.19 bits per heavy atom. The largest absolute Gasteiger partial charge is 0.394 e. The first-order valence-corrected chi connectivity index (χ1v) is 10.1. The molecule has 5 heteroatoms. The summed E-state index contributed by atoms with van der Waals surface area (Å²) in [5, 5.41) is 0. The van der Waals surface area contributed by atoms with Gasteiger partial charge in [0.05, 0.1) is 13.2 Å². The van der Waals surface area contributed by atoms with Gasteiger partial charge in [0.15, 0.2) is 0 Å². The van der Waals surface area contributed by atoms with E-state index < -0.39 is 9.28 Å². The van der Waals surface area contributed by atoms with E-state index in [1.54, 1.807) is 0 Å². The number of rotatable bonds is 13. The molecule has 1 rings (SSSR count). The predicted molar refractivity (Wildman–Crippen MR) is 88.0 cm³/mol. The van der Waals surface area contributed by atoms with Crippen molar-refractivity contribution in [2.45, 2.75) is 84.2 Å². The standard InChI is InChI=1S/C16H34O4Si/c1-6-8-16(9-7-10-17-11-15-12-18-15)21(19-13(2)3)20-14(4)5/h13-16,21H,6-12H2,1-5H3. The molecule has 0 aromatic carbocycles. The van der Waals surface area contributed by atoms with Crippen molar-refractivity contribution in [2.24, 2.45) is 0 Å². The first kappa shape index (κ1) is 19.1. The average Bonchev–Trinajstić information content (AvgIpc) is 3.19. The molecule has 1 fully saturated rings. The van der Waals surface area contributed by atoms with Crippen LogP contribution in [0.2, 0.25) is 5.54 Å². The molecule has 0 N–H and O–H groups in total. The molecule has 0 radical (unpaired) electrons. The molecule has 21 heavy (non-hydrogen) atoms. The van der Waals surface area contributed by atoms with Crippen molar-refractivity contribution in [3.05, 3.63) is 0 Å². The highest BCUT2D eigenvalue weighted by molar-refractivity contribution is 6.46. The molecule has 0 spiro atoms. The number of hydrogen-bond donors (Lipinski definition) is 0. The van der Waals surface area contributed by atoms with Crippen LogP contribution in [0, 0.1) is 0 Å². The van der Waals surface area contributed by atoms with E-state index in [4.69, 9.17) is 18.3 Å². The van der Waals surface area contributed by atoms with Crippen LogP contribution in [0.1, 0.15) is 60.3 Å². The van der Waals surface area contributed by atoms with Gasteiger partial charge in [0.25, 0.3) is 0 Å². The summed E-state index contributed by atoms with van der Waals surface area (Å²) in [4.78, 5) is 0. The fraction of sp³-hybridized carbons (Fsp3) is 1.00. The summed E-state index contributed by atoms with van der Waals surface area (Å²) in [5.41, 5.74) is 0.584. The van der Waals surface area contributed by atoms with Crippen LogP contribution in [0.25, 0.3) is 0 Å². The second-order valence-corrected chi connectivity index (χ2v) is 8.68. The van der Waals surface area contributed by atoms with Gasteiger partial charge in [-0.3, -0.25) is 0 Å². The summed E-state index contributed by atoms with van der Waals surface area (Å²) in [6.07, 6.45) is 5.49. The molecule has 0 aromatic rings. The monoisotopic (exact) mass is 318 g/mol. The van der Waals surface area contributed by atoms with E-state index in [-0.39, 0.29) is 12.2 Å². The maximum Gasteiger partial charge on any atom is 0.325 e. The summed E-state index contributed by atoms with van der Waals surface area (Å²) < 4.78 is 23.1. The quantitative estimate of drug-likeness (QED) is 0.296. The molecule has 1 saturated heterocycles. The normalized spacial score (nSPS) is 19.7. The molecule has 0 aliphatic carbocycles. The Kier molecular flexibility index (Phi) is 9.76. The zero-order valence-corrected chi connectivity index (χ0v) is 15.6. The van der Waals surface area contributed by atoms with E-state index >= 15 is 0 Å². The molecule has 2 unspecified atom stereocenters. The van der Waals surface area contributed by atoms with Gasteiger partial charge in [-0.15, -0.1) is 0 Å². The van der Waals surface area contributed by atoms with Crippen molar-refractivity contribution >= 4 is 9.28 Å². The lowest BCUT2D eigenvalue weighted by Crippen LogP contribution is -2.34. The van der Waals surface area contributed by atoms with Crippen LogP contribution >= 0.6 is 0 Å². The first-order chi connectivity index (χ1) is 10.0. The Morgan fingerprint density at radius 1 is 1.10 bits per heavy atom. The summed E-state index contributed by atoms with van der Waals surface area (Å²) in [5.74, 6) is 0. The van der Waals surface area contributed by atoms with Crippen LogP contribution in [0.5, 0.6) is 0 Å². The van der Waals surface area contributed by atoms with Gasteiger partial charge in [0.2, 0.25) is 0 Å². The fourth-order valence-corrected chi connectivity index (χ4v) is 5.10. The lowest BCUT2D eigenvalue weighted by molar-refractivity contribution is 0.105. The van der Waals surface area contributed by atoms with Crippen LogP contribution < -0.4 is 0 Å². The van der Waals surface area contributed by atoms with Gasteiger partial charge in [-0.2, -0.15) is 0 Å². The van der Waals surface area contributed by atoms with Crippen molar-refractivity contribution in [3.63, 3.8) is 0 Å². The average molecular weight is 319 g/mol. The van der Waals surface area contributed by atoms with Gasteiger partial charge < -0.3 is 18.3 Å². The van der Waals surface area contributed by atoms with Crippen LogP contribution in [-0.2, 0) is 18.3 Å². The minimum atomic E-state index is -1.62. The van der Waals surface area contributed by atoms with Crippen LogP contribution in [0.3, 0.4) is 0 Å². The zero-order chi connectivity index (χ0) is 15.7. The third-order valence-corrected chi connectivity index (χ3v) is 6.49. The SMILES string of the molecule is CCCC(CCCOCC1CO1)[SiH](OC(C)C)OC(C)C. The molecule has 0 saturated carbocycles. The minimum Gasteiger partial charge on any atom is -0.394 e. The summed E-state index contributed by atoms with van der Waals surface area (Å²) in [6.45, 7) is 13.1. The lowest BCUT2D eigenvalue weighted by Gasteiger charge is -2.28. The van der Waals surface area contributed by atoms with Gasteiger partial charge in [0, 0.05) is 18.8 Å². The van der Waals surface area contributed by atoms with E-state index in [9.17, 15) is 0 Å². The lowest BCUT2D eigenvalue weighted by atomic mass is 10.1. The summed E-state index contributed by atoms with van der Waals surface area (Å²) in [6, 6.07) is 0. The zero-order valence-electron chi connectivity index (χ0n) is 14.5. The third kappa shape index (κ3) is 9.63. The van der Waals surface area contributed by atoms with Gasteiger partial charge in [-0.25, -0.2) is 0 Å². The maximum absolute atomic E-state index is 6.14. The number of epoxide rings is 1. The molecule has 1 aliphatic rings. The second-order valence-electron chi connectivity index (χ2n) is 6.46. The maximum atomic E-state index is 6.14. The predicted octanol–water partition coefficient (Wildman–Crippen LogP) is 3.42. The van der Waals surface area contributed by atoms with Gasteiger partial charge in [0.1, 0.15) is 6.10 Å². The van der Waals surface area contributed by atoms with Crippen molar-refractivity contribution in [1.82, 2.24) is 0 Å². The van der Waals surface area contributed by atoms with E-state index in [0.29, 0.717) is 11.6 Å². The first-order valence-electron chi connectivity index (χ1n) is 8.53. The van der Waals surface area contributed by atoms with Crippen LogP contribution in [-0.4, -0.2) is 47.4 Å².